The number of hydrogen-bond acceptors (Lipinski definition) is 5. The van der Waals surface area contributed by atoms with Crippen LogP contribution in [0.1, 0.15) is 26.2 Å². The number of amides is 1. The Balaban J connectivity index is 2.17. The molecule has 1 aliphatic rings. The average molecular weight is 296 g/mol. The number of nitrogens with one attached hydrogen (secondary N) is 1. The first-order chi connectivity index (χ1) is 10.0. The quantitative estimate of drug-likeness (QED) is 0.618. The van der Waals surface area contributed by atoms with Crippen LogP contribution in [0.25, 0.3) is 0 Å². The van der Waals surface area contributed by atoms with Crippen molar-refractivity contribution in [3.8, 4) is 6.07 Å². The summed E-state index contributed by atoms with van der Waals surface area (Å²) < 4.78 is 0. The van der Waals surface area contributed by atoms with Crippen molar-refractivity contribution in [2.75, 3.05) is 46.3 Å². The van der Waals surface area contributed by atoms with Crippen LogP contribution in [-0.4, -0.2) is 73.2 Å². The van der Waals surface area contributed by atoms with Crippen molar-refractivity contribution in [1.29, 1.82) is 5.26 Å². The molecular weight excluding hydrogens is 268 g/mol. The lowest BCUT2D eigenvalue weighted by Gasteiger charge is -2.34. The lowest BCUT2D eigenvalue weighted by atomic mass is 9.96. The van der Waals surface area contributed by atoms with Crippen molar-refractivity contribution in [2.24, 2.45) is 5.92 Å². The number of carbonyl (C=O) groups excluding carboxylic acids is 1. The van der Waals surface area contributed by atoms with Crippen LogP contribution < -0.4 is 5.32 Å². The van der Waals surface area contributed by atoms with E-state index in [1.165, 1.54) is 0 Å². The maximum Gasteiger partial charge on any atom is 0.234 e. The molecule has 1 fully saturated rings. The highest BCUT2D eigenvalue weighted by Crippen LogP contribution is 2.18. The number of rotatable bonds is 8. The van der Waals surface area contributed by atoms with Crippen LogP contribution >= 0.6 is 0 Å². The van der Waals surface area contributed by atoms with Crippen molar-refractivity contribution in [2.45, 2.75) is 32.3 Å². The second-order valence-electron chi connectivity index (χ2n) is 6.05. The highest BCUT2D eigenvalue weighted by Gasteiger charge is 2.21. The third-order valence-electron chi connectivity index (χ3n) is 3.77. The van der Waals surface area contributed by atoms with Gasteiger partial charge in [0.05, 0.1) is 25.1 Å². The third-order valence-corrected chi connectivity index (χ3v) is 3.77. The van der Waals surface area contributed by atoms with E-state index in [-0.39, 0.29) is 12.0 Å². The molecule has 6 heteroatoms. The Labute approximate surface area is 127 Å². The monoisotopic (exact) mass is 296 g/mol. The summed E-state index contributed by atoms with van der Waals surface area (Å²) in [4.78, 5) is 16.0. The molecule has 0 saturated carbocycles. The molecule has 1 atom stereocenters. The lowest BCUT2D eigenvalue weighted by molar-refractivity contribution is -0.122. The molecule has 0 aromatic carbocycles. The van der Waals surface area contributed by atoms with Crippen LogP contribution in [0.15, 0.2) is 0 Å². The number of nitriles is 1. The molecule has 1 amide bonds. The summed E-state index contributed by atoms with van der Waals surface area (Å²) in [5, 5.41) is 20.6. The predicted octanol–water partition coefficient (Wildman–Crippen LogP) is 0.0409. The molecular formula is C15H28N4O2. The summed E-state index contributed by atoms with van der Waals surface area (Å²) >= 11 is 0. The molecule has 0 bridgehead atoms. The highest BCUT2D eigenvalue weighted by molar-refractivity contribution is 5.77. The summed E-state index contributed by atoms with van der Waals surface area (Å²) in [6, 6.07) is 2.01. The van der Waals surface area contributed by atoms with Crippen molar-refractivity contribution in [3.63, 3.8) is 0 Å². The summed E-state index contributed by atoms with van der Waals surface area (Å²) in [6.45, 7) is 6.37. The SMILES string of the molecule is C[C@H](O)CN1CCC(CN(C)CC(=O)NCCC#N)CC1. The second-order valence-corrected chi connectivity index (χ2v) is 6.05. The first-order valence-corrected chi connectivity index (χ1v) is 7.74. The maximum atomic E-state index is 11.6. The zero-order valence-electron chi connectivity index (χ0n) is 13.2. The number of aliphatic hydroxyl groups excluding tert-OH is 1. The molecule has 21 heavy (non-hydrogen) atoms. The summed E-state index contributed by atoms with van der Waals surface area (Å²) in [6.07, 6.45) is 2.33. The summed E-state index contributed by atoms with van der Waals surface area (Å²) in [5.74, 6) is 0.603. The smallest absolute Gasteiger partial charge is 0.234 e. The van der Waals surface area contributed by atoms with Gasteiger partial charge in [-0.15, -0.1) is 0 Å². The van der Waals surface area contributed by atoms with Crippen LogP contribution in [0.2, 0.25) is 0 Å². The van der Waals surface area contributed by atoms with Gasteiger partial charge in [-0.1, -0.05) is 0 Å². The molecule has 1 aliphatic heterocycles. The van der Waals surface area contributed by atoms with Gasteiger partial charge < -0.3 is 15.3 Å². The number of nitrogens with zero attached hydrogens (tertiary/aromatic N) is 3. The lowest BCUT2D eigenvalue weighted by Crippen LogP contribution is -2.42. The molecule has 2 N–H and O–H groups in total. The number of likely N-dealkylation sites (N-methyl/N-ethyl adjacent to an activating group) is 1. The van der Waals surface area contributed by atoms with Gasteiger partial charge in [-0.2, -0.15) is 5.26 Å². The first kappa shape index (κ1) is 17.9. The van der Waals surface area contributed by atoms with Crippen molar-refractivity contribution >= 4 is 5.91 Å². The van der Waals surface area contributed by atoms with Gasteiger partial charge in [-0.3, -0.25) is 9.69 Å². The molecule has 0 radical (unpaired) electrons. The molecule has 1 rings (SSSR count). The Bertz CT molecular complexity index is 346. The van der Waals surface area contributed by atoms with E-state index in [4.69, 9.17) is 5.26 Å². The van der Waals surface area contributed by atoms with E-state index >= 15 is 0 Å². The van der Waals surface area contributed by atoms with Gasteiger partial charge >= 0.3 is 0 Å². The Hall–Kier alpha value is -1.16. The first-order valence-electron chi connectivity index (χ1n) is 7.74. The summed E-state index contributed by atoms with van der Waals surface area (Å²) in [5.41, 5.74) is 0. The molecule has 120 valence electrons. The minimum atomic E-state index is -0.263. The van der Waals surface area contributed by atoms with Gasteiger partial charge in [0.15, 0.2) is 0 Å². The Kier molecular flexibility index (Phi) is 8.28. The standard InChI is InChI=1S/C15H28N4O2/c1-13(20)10-19-8-4-14(5-9-19)11-18(2)12-15(21)17-7-3-6-16/h13-14,20H,3-5,7-12H2,1-2H3,(H,17,21)/t13-/m0/s1. The molecule has 1 saturated heterocycles. The minimum absolute atomic E-state index is 0.0145. The van der Waals surface area contributed by atoms with E-state index in [0.29, 0.717) is 25.4 Å². The van der Waals surface area contributed by atoms with Crippen LogP contribution in [-0.2, 0) is 4.79 Å². The zero-order chi connectivity index (χ0) is 15.7. The van der Waals surface area contributed by atoms with Gasteiger partial charge in [0, 0.05) is 19.6 Å². The van der Waals surface area contributed by atoms with E-state index in [1.54, 1.807) is 0 Å². The Morgan fingerprint density at radius 1 is 1.52 bits per heavy atom. The van der Waals surface area contributed by atoms with Gasteiger partial charge in [-0.05, 0) is 45.8 Å². The molecule has 1 heterocycles. The van der Waals surface area contributed by atoms with Crippen LogP contribution in [0.4, 0.5) is 0 Å². The van der Waals surface area contributed by atoms with Crippen LogP contribution in [0, 0.1) is 17.2 Å². The van der Waals surface area contributed by atoms with Gasteiger partial charge in [0.1, 0.15) is 0 Å². The molecule has 0 unspecified atom stereocenters. The fourth-order valence-corrected chi connectivity index (χ4v) is 2.79. The highest BCUT2D eigenvalue weighted by atomic mass is 16.3. The number of aliphatic hydroxyl groups is 1. The molecule has 0 aromatic rings. The van der Waals surface area contributed by atoms with E-state index in [9.17, 15) is 9.90 Å². The third kappa shape index (κ3) is 8.00. The fraction of sp³-hybridized carbons (Fsp3) is 0.867. The van der Waals surface area contributed by atoms with E-state index in [0.717, 1.165) is 39.0 Å². The van der Waals surface area contributed by atoms with Gasteiger partial charge in [-0.25, -0.2) is 0 Å². The summed E-state index contributed by atoms with van der Waals surface area (Å²) in [7, 11) is 1.96. The maximum absolute atomic E-state index is 11.6. The van der Waals surface area contributed by atoms with E-state index in [1.807, 2.05) is 20.0 Å². The van der Waals surface area contributed by atoms with Crippen molar-refractivity contribution in [1.82, 2.24) is 15.1 Å². The number of piperidine rings is 1. The average Bonchev–Trinajstić information content (AvgIpc) is 2.40. The van der Waals surface area contributed by atoms with E-state index < -0.39 is 0 Å². The zero-order valence-corrected chi connectivity index (χ0v) is 13.2. The largest absolute Gasteiger partial charge is 0.392 e. The Morgan fingerprint density at radius 3 is 2.76 bits per heavy atom. The minimum Gasteiger partial charge on any atom is -0.392 e. The van der Waals surface area contributed by atoms with Crippen molar-refractivity contribution < 1.29 is 9.90 Å². The molecule has 0 spiro atoms. The van der Waals surface area contributed by atoms with Crippen molar-refractivity contribution in [3.05, 3.63) is 0 Å². The number of carbonyl (C=O) groups is 1. The fourth-order valence-electron chi connectivity index (χ4n) is 2.79. The van der Waals surface area contributed by atoms with E-state index in [2.05, 4.69) is 15.1 Å². The van der Waals surface area contributed by atoms with Crippen LogP contribution in [0.3, 0.4) is 0 Å². The van der Waals surface area contributed by atoms with Gasteiger partial charge in [0.2, 0.25) is 5.91 Å². The number of hydrogen-bond donors (Lipinski definition) is 2. The predicted molar refractivity (Wildman–Crippen MR) is 81.6 cm³/mol. The normalized spacial score (nSPS) is 18.4. The van der Waals surface area contributed by atoms with Crippen LogP contribution in [0.5, 0.6) is 0 Å². The molecule has 0 aromatic heterocycles. The second kappa shape index (κ2) is 9.72. The number of likely N-dealkylation sites (tertiary alicyclic amines) is 1. The number of β-amino-alcohol motifs (C(OH)–C–C–N with tert-alkyl or cyclic N) is 1. The Morgan fingerprint density at radius 2 is 2.19 bits per heavy atom. The van der Waals surface area contributed by atoms with Gasteiger partial charge in [0.25, 0.3) is 0 Å². The molecule has 6 nitrogen and oxygen atoms in total. The molecule has 0 aliphatic carbocycles. The topological polar surface area (TPSA) is 79.6 Å².